The highest BCUT2D eigenvalue weighted by atomic mass is 79.9. The summed E-state index contributed by atoms with van der Waals surface area (Å²) in [5, 5.41) is 10.5. The molecule has 13 heavy (non-hydrogen) atoms. The van der Waals surface area contributed by atoms with Gasteiger partial charge in [-0.05, 0) is 18.6 Å². The summed E-state index contributed by atoms with van der Waals surface area (Å²) in [6, 6.07) is 0. The summed E-state index contributed by atoms with van der Waals surface area (Å²) in [7, 11) is 0. The van der Waals surface area contributed by atoms with E-state index in [9.17, 15) is 10.1 Å². The maximum absolute atomic E-state index is 10.5. The topological polar surface area (TPSA) is 43.1 Å². The van der Waals surface area contributed by atoms with Gasteiger partial charge in [-0.2, -0.15) is 0 Å². The molecule has 0 fully saturated rings. The predicted molar refractivity (Wildman–Crippen MR) is 60.5 cm³/mol. The lowest BCUT2D eigenvalue weighted by molar-refractivity contribution is -0.419. The smallest absolute Gasteiger partial charge is 0.258 e. The first kappa shape index (κ1) is 12.4. The van der Waals surface area contributed by atoms with Crippen LogP contribution in [0.1, 0.15) is 13.3 Å². The Morgan fingerprint density at radius 1 is 1.77 bits per heavy atom. The molecule has 0 atom stereocenters. The summed E-state index contributed by atoms with van der Waals surface area (Å²) in [6.07, 6.45) is 3.60. The van der Waals surface area contributed by atoms with Crippen molar-refractivity contribution >= 4 is 28.6 Å². The Hall–Kier alpha value is -0.550. The van der Waals surface area contributed by atoms with Crippen LogP contribution in [-0.2, 0) is 0 Å². The van der Waals surface area contributed by atoms with Crippen LogP contribution in [0, 0.1) is 10.1 Å². The van der Waals surface area contributed by atoms with E-state index in [1.807, 2.05) is 6.92 Å². The number of allylic oxidation sites excluding steroid dienone is 3. The van der Waals surface area contributed by atoms with Crippen LogP contribution in [0.2, 0.25) is 0 Å². The van der Waals surface area contributed by atoms with Crippen molar-refractivity contribution in [1.29, 1.82) is 0 Å². The third kappa shape index (κ3) is 4.90. The Morgan fingerprint density at radius 2 is 2.31 bits per heavy atom. The number of rotatable bonds is 4. The van der Waals surface area contributed by atoms with Crippen molar-refractivity contribution in [2.75, 3.05) is 0 Å². The van der Waals surface area contributed by atoms with Gasteiger partial charge in [0, 0.05) is 4.48 Å². The third-order valence-corrected chi connectivity index (χ3v) is 1.74. The molecule has 0 bridgehead atoms. The summed E-state index contributed by atoms with van der Waals surface area (Å²) < 4.78 is 0.557. The minimum atomic E-state index is -0.460. The zero-order valence-electron chi connectivity index (χ0n) is 7.16. The minimum absolute atomic E-state index is 0.00596. The van der Waals surface area contributed by atoms with E-state index in [0.29, 0.717) is 15.8 Å². The van der Waals surface area contributed by atoms with Crippen LogP contribution in [0.3, 0.4) is 0 Å². The van der Waals surface area contributed by atoms with Crippen molar-refractivity contribution < 1.29 is 4.92 Å². The molecule has 0 aromatic rings. The lowest BCUT2D eigenvalue weighted by Crippen LogP contribution is -1.98. The molecule has 0 aliphatic carbocycles. The van der Waals surface area contributed by atoms with Crippen molar-refractivity contribution in [3.05, 3.63) is 43.9 Å². The molecule has 0 saturated carbocycles. The number of hydrogen-bond donors (Lipinski definition) is 1. The van der Waals surface area contributed by atoms with Gasteiger partial charge in [0.25, 0.3) is 5.70 Å². The van der Waals surface area contributed by atoms with Gasteiger partial charge in [0.1, 0.15) is 0 Å². The van der Waals surface area contributed by atoms with Gasteiger partial charge in [-0.1, -0.05) is 29.4 Å². The van der Waals surface area contributed by atoms with E-state index < -0.39 is 4.92 Å². The monoisotopic (exact) mass is 263 g/mol. The molecule has 0 rings (SSSR count). The number of nitrogens with zero attached hydrogens (tertiary/aromatic N) is 1. The summed E-state index contributed by atoms with van der Waals surface area (Å²) in [4.78, 5) is 10.4. The van der Waals surface area contributed by atoms with Crippen LogP contribution in [0.5, 0.6) is 0 Å². The highest BCUT2D eigenvalue weighted by Crippen LogP contribution is 2.19. The first-order chi connectivity index (χ1) is 5.99. The van der Waals surface area contributed by atoms with Gasteiger partial charge in [-0.15, -0.1) is 12.6 Å². The molecule has 0 unspecified atom stereocenters. The van der Waals surface area contributed by atoms with E-state index in [0.717, 1.165) is 0 Å². The highest BCUT2D eigenvalue weighted by molar-refractivity contribution is 9.11. The zero-order valence-corrected chi connectivity index (χ0v) is 9.64. The maximum atomic E-state index is 10.5. The lowest BCUT2D eigenvalue weighted by atomic mass is 10.3. The van der Waals surface area contributed by atoms with E-state index in [-0.39, 0.29) is 5.70 Å². The van der Waals surface area contributed by atoms with Crippen molar-refractivity contribution in [3.63, 3.8) is 0 Å². The third-order valence-electron chi connectivity index (χ3n) is 1.15. The molecule has 0 aromatic heterocycles. The maximum Gasteiger partial charge on any atom is 0.278 e. The average Bonchev–Trinajstić information content (AvgIpc) is 1.97. The average molecular weight is 264 g/mol. The molecule has 72 valence electrons. The summed E-state index contributed by atoms with van der Waals surface area (Å²) in [6.45, 7) is 5.37. The molecule has 0 saturated heterocycles. The Morgan fingerprint density at radius 3 is 2.62 bits per heavy atom. The van der Waals surface area contributed by atoms with Gasteiger partial charge < -0.3 is 0 Å². The molecular formula is C8H10BrNO2S. The molecule has 5 heteroatoms. The van der Waals surface area contributed by atoms with E-state index in [4.69, 9.17) is 0 Å². The molecule has 0 aliphatic rings. The second kappa shape index (κ2) is 5.99. The standard InChI is InChI=1S/C8H10BrNO2S/c1-3-4-7(10(11)12)8(13)5-6(2)9/h4-5,13H,2-3H2,1H3/b7-4+,8-5+. The van der Waals surface area contributed by atoms with Gasteiger partial charge >= 0.3 is 0 Å². The molecule has 0 aliphatic heterocycles. The van der Waals surface area contributed by atoms with Crippen LogP contribution in [0.25, 0.3) is 0 Å². The molecule has 3 nitrogen and oxygen atoms in total. The second-order valence-electron chi connectivity index (χ2n) is 2.23. The van der Waals surface area contributed by atoms with Crippen LogP contribution in [0.4, 0.5) is 0 Å². The van der Waals surface area contributed by atoms with E-state index in [1.54, 1.807) is 0 Å². The van der Waals surface area contributed by atoms with Gasteiger partial charge in [-0.25, -0.2) is 0 Å². The van der Waals surface area contributed by atoms with Crippen LogP contribution in [0.15, 0.2) is 33.8 Å². The van der Waals surface area contributed by atoms with E-state index >= 15 is 0 Å². The van der Waals surface area contributed by atoms with Crippen molar-refractivity contribution in [3.8, 4) is 0 Å². The van der Waals surface area contributed by atoms with Crippen LogP contribution in [-0.4, -0.2) is 4.92 Å². The fourth-order valence-corrected chi connectivity index (χ4v) is 1.42. The highest BCUT2D eigenvalue weighted by Gasteiger charge is 2.12. The molecule has 0 N–H and O–H groups in total. The number of thiol groups is 1. The fourth-order valence-electron chi connectivity index (χ4n) is 0.688. The van der Waals surface area contributed by atoms with Crippen LogP contribution < -0.4 is 0 Å². The number of nitro groups is 1. The molecular weight excluding hydrogens is 254 g/mol. The summed E-state index contributed by atoms with van der Waals surface area (Å²) >= 11 is 7.07. The van der Waals surface area contributed by atoms with Gasteiger partial charge in [0.2, 0.25) is 0 Å². The van der Waals surface area contributed by atoms with E-state index in [2.05, 4.69) is 35.1 Å². The zero-order chi connectivity index (χ0) is 10.4. The Kier molecular flexibility index (Phi) is 5.73. The molecule has 0 amide bonds. The predicted octanol–water partition coefficient (Wildman–Crippen LogP) is 3.28. The Labute approximate surface area is 90.9 Å². The molecule has 0 heterocycles. The van der Waals surface area contributed by atoms with E-state index in [1.165, 1.54) is 12.2 Å². The fraction of sp³-hybridized carbons (Fsp3) is 0.250. The quantitative estimate of drug-likeness (QED) is 0.366. The Bertz CT molecular complexity index is 284. The molecule has 0 spiro atoms. The second-order valence-corrected chi connectivity index (χ2v) is 3.73. The van der Waals surface area contributed by atoms with Crippen molar-refractivity contribution in [2.24, 2.45) is 0 Å². The van der Waals surface area contributed by atoms with Gasteiger partial charge in [0.05, 0.1) is 9.83 Å². The lowest BCUT2D eigenvalue weighted by Gasteiger charge is -1.96. The SMILES string of the molecule is C=C(Br)/C=C(S)\C(=C/CC)[N+](=O)[O-]. The molecule has 0 aromatic carbocycles. The van der Waals surface area contributed by atoms with Crippen molar-refractivity contribution in [2.45, 2.75) is 13.3 Å². The first-order valence-corrected chi connectivity index (χ1v) is 4.83. The number of halogens is 1. The number of hydrogen-bond acceptors (Lipinski definition) is 3. The largest absolute Gasteiger partial charge is 0.278 e. The van der Waals surface area contributed by atoms with Crippen molar-refractivity contribution in [1.82, 2.24) is 0 Å². The van der Waals surface area contributed by atoms with Crippen LogP contribution >= 0.6 is 28.6 Å². The van der Waals surface area contributed by atoms with Gasteiger partial charge in [-0.3, -0.25) is 10.1 Å². The first-order valence-electron chi connectivity index (χ1n) is 3.59. The molecule has 0 radical (unpaired) electrons. The Balaban J connectivity index is 4.87. The summed E-state index contributed by atoms with van der Waals surface area (Å²) in [5.74, 6) is 0. The summed E-state index contributed by atoms with van der Waals surface area (Å²) in [5.41, 5.74) is 0.00596. The van der Waals surface area contributed by atoms with Gasteiger partial charge in [0.15, 0.2) is 0 Å². The minimum Gasteiger partial charge on any atom is -0.258 e. The normalized spacial score (nSPS) is 12.8.